The Morgan fingerprint density at radius 2 is 1.41 bits per heavy atom. The molecule has 0 radical (unpaired) electrons. The Kier molecular flexibility index (Phi) is 3.64. The first-order valence-corrected chi connectivity index (χ1v) is 4.77. The second-order valence-corrected chi connectivity index (χ2v) is 3.81. The van der Waals surface area contributed by atoms with E-state index in [0.29, 0.717) is 0 Å². The van der Waals surface area contributed by atoms with Crippen molar-refractivity contribution in [3.8, 4) is 5.75 Å². The highest BCUT2D eigenvalue weighted by atomic mass is 19.4. The molecule has 0 amide bonds. The molecule has 0 fully saturated rings. The van der Waals surface area contributed by atoms with Crippen LogP contribution in [0.1, 0.15) is 11.1 Å². The highest BCUT2D eigenvalue weighted by Gasteiger charge is 2.58. The summed E-state index contributed by atoms with van der Waals surface area (Å²) in [7, 11) is 0. The maximum absolute atomic E-state index is 12.6. The van der Waals surface area contributed by atoms with Crippen molar-refractivity contribution in [1.29, 1.82) is 0 Å². The smallest absolute Gasteiger partial charge is 0.456 e. The molecule has 0 unspecified atom stereocenters. The number of hydrogen-bond donors (Lipinski definition) is 0. The number of alkyl halides is 5. The number of hydrogen-bond acceptors (Lipinski definition) is 1. The van der Waals surface area contributed by atoms with Gasteiger partial charge in [0.05, 0.1) is 0 Å². The number of ether oxygens (including phenoxy) is 1. The van der Waals surface area contributed by atoms with Gasteiger partial charge in [-0.25, -0.2) is 0 Å². The van der Waals surface area contributed by atoms with Gasteiger partial charge in [0.2, 0.25) is 0 Å². The largest absolute Gasteiger partial charge is 0.487 e. The van der Waals surface area contributed by atoms with Crippen LogP contribution in [0.3, 0.4) is 0 Å². The first kappa shape index (κ1) is 13.7. The fourth-order valence-corrected chi connectivity index (χ4v) is 1.27. The fraction of sp³-hybridized carbons (Fsp3) is 0.455. The van der Waals surface area contributed by atoms with Gasteiger partial charge in [-0.3, -0.25) is 0 Å². The van der Waals surface area contributed by atoms with Crippen molar-refractivity contribution in [2.45, 2.75) is 25.9 Å². The number of rotatable bonds is 3. The van der Waals surface area contributed by atoms with Crippen molar-refractivity contribution in [1.82, 2.24) is 0 Å². The maximum atomic E-state index is 12.6. The van der Waals surface area contributed by atoms with Gasteiger partial charge in [-0.2, -0.15) is 22.0 Å². The Labute approximate surface area is 95.2 Å². The third-order valence-corrected chi connectivity index (χ3v) is 2.03. The zero-order valence-corrected chi connectivity index (χ0v) is 9.24. The summed E-state index contributed by atoms with van der Waals surface area (Å²) in [6.45, 7) is 1.68. The quantitative estimate of drug-likeness (QED) is 0.744. The molecule has 1 aromatic rings. The second-order valence-electron chi connectivity index (χ2n) is 3.81. The van der Waals surface area contributed by atoms with Gasteiger partial charge in [0.15, 0.2) is 6.61 Å². The molecular weight excluding hydrogens is 243 g/mol. The Bertz CT molecular complexity index is 377. The van der Waals surface area contributed by atoms with E-state index in [0.717, 1.165) is 11.1 Å². The van der Waals surface area contributed by atoms with E-state index in [2.05, 4.69) is 4.74 Å². The molecule has 0 aliphatic rings. The summed E-state index contributed by atoms with van der Waals surface area (Å²) in [5.74, 6) is -4.84. The maximum Gasteiger partial charge on any atom is 0.456 e. The normalized spacial score (nSPS) is 12.6. The average molecular weight is 254 g/mol. The van der Waals surface area contributed by atoms with Crippen LogP contribution in [-0.2, 0) is 0 Å². The lowest BCUT2D eigenvalue weighted by Gasteiger charge is -2.20. The Hall–Kier alpha value is -1.33. The van der Waals surface area contributed by atoms with Gasteiger partial charge >= 0.3 is 12.1 Å². The van der Waals surface area contributed by atoms with Crippen LogP contribution in [0.2, 0.25) is 0 Å². The Balaban J connectivity index is 2.74. The van der Waals surface area contributed by atoms with E-state index in [1.807, 2.05) is 0 Å². The van der Waals surface area contributed by atoms with E-state index in [1.54, 1.807) is 19.9 Å². The monoisotopic (exact) mass is 254 g/mol. The van der Waals surface area contributed by atoms with Gasteiger partial charge in [0.25, 0.3) is 0 Å². The molecular formula is C11H11F5O. The molecule has 0 heterocycles. The Morgan fingerprint density at radius 1 is 0.941 bits per heavy atom. The van der Waals surface area contributed by atoms with Gasteiger partial charge in [-0.15, -0.1) is 0 Å². The van der Waals surface area contributed by atoms with Crippen LogP contribution in [0.5, 0.6) is 5.75 Å². The number of benzene rings is 1. The van der Waals surface area contributed by atoms with Crippen molar-refractivity contribution in [2.24, 2.45) is 0 Å². The molecule has 0 atom stereocenters. The van der Waals surface area contributed by atoms with Crippen LogP contribution in [-0.4, -0.2) is 18.7 Å². The van der Waals surface area contributed by atoms with Gasteiger partial charge < -0.3 is 4.74 Å². The van der Waals surface area contributed by atoms with Crippen LogP contribution in [0.25, 0.3) is 0 Å². The summed E-state index contributed by atoms with van der Waals surface area (Å²) < 4.78 is 65.2. The topological polar surface area (TPSA) is 9.23 Å². The molecule has 6 heteroatoms. The van der Waals surface area contributed by atoms with Crippen LogP contribution in [0.15, 0.2) is 18.2 Å². The molecule has 17 heavy (non-hydrogen) atoms. The van der Waals surface area contributed by atoms with Crippen LogP contribution in [0.4, 0.5) is 22.0 Å². The molecule has 0 spiro atoms. The number of halogens is 5. The van der Waals surface area contributed by atoms with Crippen molar-refractivity contribution in [3.05, 3.63) is 29.3 Å². The third kappa shape index (κ3) is 3.57. The van der Waals surface area contributed by atoms with Crippen molar-refractivity contribution in [2.75, 3.05) is 6.61 Å². The first-order valence-electron chi connectivity index (χ1n) is 4.77. The van der Waals surface area contributed by atoms with E-state index < -0.39 is 18.7 Å². The number of aryl methyl sites for hydroxylation is 2. The summed E-state index contributed by atoms with van der Waals surface area (Å²) in [4.78, 5) is 0. The second kappa shape index (κ2) is 4.50. The zero-order valence-electron chi connectivity index (χ0n) is 9.24. The summed E-state index contributed by atoms with van der Waals surface area (Å²) in [6.07, 6.45) is -5.59. The summed E-state index contributed by atoms with van der Waals surface area (Å²) >= 11 is 0. The molecule has 1 nitrogen and oxygen atoms in total. The summed E-state index contributed by atoms with van der Waals surface area (Å²) in [5, 5.41) is 0. The molecule has 0 aromatic heterocycles. The molecule has 0 aliphatic carbocycles. The van der Waals surface area contributed by atoms with Gasteiger partial charge in [-0.1, -0.05) is 6.07 Å². The van der Waals surface area contributed by atoms with Gasteiger partial charge in [0, 0.05) is 0 Å². The molecule has 1 rings (SSSR count). The summed E-state index contributed by atoms with van der Waals surface area (Å²) in [5.41, 5.74) is 1.46. The molecule has 0 N–H and O–H groups in total. The minimum atomic E-state index is -5.59. The predicted octanol–water partition coefficient (Wildman–Crippen LogP) is 3.88. The molecule has 0 bridgehead atoms. The highest BCUT2D eigenvalue weighted by Crippen LogP contribution is 2.35. The fourth-order valence-electron chi connectivity index (χ4n) is 1.27. The zero-order chi connectivity index (χ0) is 13.3. The average Bonchev–Trinajstić information content (AvgIpc) is 2.11. The SMILES string of the molecule is Cc1cc(C)cc(OCC(F)(F)C(F)(F)F)c1. The van der Waals surface area contributed by atoms with Crippen molar-refractivity contribution in [3.63, 3.8) is 0 Å². The third-order valence-electron chi connectivity index (χ3n) is 2.03. The molecule has 96 valence electrons. The van der Waals surface area contributed by atoms with E-state index in [4.69, 9.17) is 0 Å². The highest BCUT2D eigenvalue weighted by molar-refractivity contribution is 5.33. The Morgan fingerprint density at radius 3 is 1.82 bits per heavy atom. The minimum absolute atomic E-state index is 0.00595. The summed E-state index contributed by atoms with van der Waals surface area (Å²) in [6, 6.07) is 4.56. The lowest BCUT2D eigenvalue weighted by molar-refractivity contribution is -0.290. The van der Waals surface area contributed by atoms with Gasteiger partial charge in [0.1, 0.15) is 5.75 Å². The van der Waals surface area contributed by atoms with E-state index in [-0.39, 0.29) is 5.75 Å². The van der Waals surface area contributed by atoms with Crippen LogP contribution in [0, 0.1) is 13.8 Å². The molecule has 0 saturated carbocycles. The lowest BCUT2D eigenvalue weighted by Crippen LogP contribution is -2.41. The minimum Gasteiger partial charge on any atom is -0.487 e. The standard InChI is InChI=1S/C11H11F5O/c1-7-3-8(2)5-9(4-7)17-6-10(12,13)11(14,15)16/h3-5H,6H2,1-2H3. The molecule has 0 aliphatic heterocycles. The van der Waals surface area contributed by atoms with Crippen LogP contribution < -0.4 is 4.74 Å². The van der Waals surface area contributed by atoms with Gasteiger partial charge in [-0.05, 0) is 37.1 Å². The van der Waals surface area contributed by atoms with Crippen LogP contribution >= 0.6 is 0 Å². The predicted molar refractivity (Wildman–Crippen MR) is 52.4 cm³/mol. The van der Waals surface area contributed by atoms with E-state index in [1.165, 1.54) is 12.1 Å². The lowest BCUT2D eigenvalue weighted by atomic mass is 10.1. The molecule has 0 saturated heterocycles. The molecule has 1 aromatic carbocycles. The van der Waals surface area contributed by atoms with E-state index in [9.17, 15) is 22.0 Å². The van der Waals surface area contributed by atoms with Crippen molar-refractivity contribution >= 4 is 0 Å². The van der Waals surface area contributed by atoms with Crippen molar-refractivity contribution < 1.29 is 26.7 Å². The first-order chi connectivity index (χ1) is 7.62. The van der Waals surface area contributed by atoms with E-state index >= 15 is 0 Å².